The van der Waals surface area contributed by atoms with Crippen LogP contribution in [0.1, 0.15) is 45.4 Å². The topological polar surface area (TPSA) is 41.5 Å². The summed E-state index contributed by atoms with van der Waals surface area (Å²) in [7, 11) is 1.80. The van der Waals surface area contributed by atoms with E-state index < -0.39 is 0 Å². The van der Waals surface area contributed by atoms with Gasteiger partial charge in [-0.2, -0.15) is 0 Å². The Hall–Kier alpha value is -0.120. The average molecular weight is 215 g/mol. The Labute approximate surface area is 93.2 Å². The third-order valence-corrected chi connectivity index (χ3v) is 3.36. The number of rotatable bonds is 6. The van der Waals surface area contributed by atoms with Gasteiger partial charge in [-0.05, 0) is 32.2 Å². The fourth-order valence-corrected chi connectivity index (χ4v) is 2.25. The van der Waals surface area contributed by atoms with Gasteiger partial charge in [-0.25, -0.2) is 0 Å². The van der Waals surface area contributed by atoms with Crippen LogP contribution in [0.15, 0.2) is 0 Å². The maximum atomic E-state index is 9.44. The molecule has 0 amide bonds. The van der Waals surface area contributed by atoms with Crippen molar-refractivity contribution in [3.63, 3.8) is 0 Å². The van der Waals surface area contributed by atoms with E-state index >= 15 is 0 Å². The first-order valence-corrected chi connectivity index (χ1v) is 6.22. The lowest BCUT2D eigenvalue weighted by Gasteiger charge is -2.31. The predicted molar refractivity (Wildman–Crippen MR) is 62.0 cm³/mol. The summed E-state index contributed by atoms with van der Waals surface area (Å²) >= 11 is 0. The third kappa shape index (κ3) is 4.49. The van der Waals surface area contributed by atoms with Gasteiger partial charge < -0.3 is 15.2 Å². The van der Waals surface area contributed by atoms with E-state index in [4.69, 9.17) is 4.74 Å². The zero-order valence-corrected chi connectivity index (χ0v) is 10.0. The summed E-state index contributed by atoms with van der Waals surface area (Å²) in [4.78, 5) is 0. The van der Waals surface area contributed by atoms with Gasteiger partial charge in [-0.15, -0.1) is 0 Å². The highest BCUT2D eigenvalue weighted by atomic mass is 16.5. The van der Waals surface area contributed by atoms with Crippen molar-refractivity contribution in [2.75, 3.05) is 13.7 Å². The largest absolute Gasteiger partial charge is 0.393 e. The van der Waals surface area contributed by atoms with Crippen molar-refractivity contribution >= 4 is 0 Å². The summed E-state index contributed by atoms with van der Waals surface area (Å²) in [5, 5.41) is 12.9. The number of hydrogen-bond acceptors (Lipinski definition) is 3. The lowest BCUT2D eigenvalue weighted by Crippen LogP contribution is -2.44. The molecule has 1 rings (SSSR count). The zero-order chi connectivity index (χ0) is 11.1. The minimum Gasteiger partial charge on any atom is -0.393 e. The first kappa shape index (κ1) is 12.9. The van der Waals surface area contributed by atoms with Crippen LogP contribution in [0.3, 0.4) is 0 Å². The van der Waals surface area contributed by atoms with Crippen LogP contribution in [-0.4, -0.2) is 37.0 Å². The summed E-state index contributed by atoms with van der Waals surface area (Å²) in [6.45, 7) is 2.92. The molecule has 0 heterocycles. The van der Waals surface area contributed by atoms with E-state index in [9.17, 15) is 5.11 Å². The Bertz CT molecular complexity index is 164. The molecule has 1 aliphatic carbocycles. The van der Waals surface area contributed by atoms with Gasteiger partial charge in [0.25, 0.3) is 0 Å². The Balaban J connectivity index is 2.17. The van der Waals surface area contributed by atoms with E-state index in [1.807, 2.05) is 6.92 Å². The molecule has 90 valence electrons. The SMILES string of the molecule is CCC(O)CCNC1CCCCC1OC. The van der Waals surface area contributed by atoms with Crippen molar-refractivity contribution in [3.8, 4) is 0 Å². The second-order valence-electron chi connectivity index (χ2n) is 4.47. The van der Waals surface area contributed by atoms with Crippen LogP contribution in [0.4, 0.5) is 0 Å². The summed E-state index contributed by atoms with van der Waals surface area (Å²) in [5.74, 6) is 0. The van der Waals surface area contributed by atoms with Crippen LogP contribution in [0, 0.1) is 0 Å². The fourth-order valence-electron chi connectivity index (χ4n) is 2.25. The smallest absolute Gasteiger partial charge is 0.0724 e. The number of aliphatic hydroxyl groups excluding tert-OH is 1. The fraction of sp³-hybridized carbons (Fsp3) is 1.00. The van der Waals surface area contributed by atoms with Gasteiger partial charge in [0, 0.05) is 13.2 Å². The highest BCUT2D eigenvalue weighted by Gasteiger charge is 2.23. The van der Waals surface area contributed by atoms with Crippen molar-refractivity contribution in [1.82, 2.24) is 5.32 Å². The first-order valence-electron chi connectivity index (χ1n) is 6.22. The van der Waals surface area contributed by atoms with Crippen molar-refractivity contribution in [2.24, 2.45) is 0 Å². The molecule has 0 spiro atoms. The maximum Gasteiger partial charge on any atom is 0.0724 e. The summed E-state index contributed by atoms with van der Waals surface area (Å²) in [6.07, 6.45) is 6.89. The van der Waals surface area contributed by atoms with Crippen LogP contribution in [0.2, 0.25) is 0 Å². The van der Waals surface area contributed by atoms with Crippen LogP contribution >= 0.6 is 0 Å². The monoisotopic (exact) mass is 215 g/mol. The van der Waals surface area contributed by atoms with Crippen molar-refractivity contribution in [1.29, 1.82) is 0 Å². The molecule has 1 aliphatic rings. The Morgan fingerprint density at radius 3 is 2.80 bits per heavy atom. The van der Waals surface area contributed by atoms with Gasteiger partial charge in [-0.1, -0.05) is 19.8 Å². The molecule has 3 nitrogen and oxygen atoms in total. The van der Waals surface area contributed by atoms with Crippen LogP contribution < -0.4 is 5.32 Å². The first-order chi connectivity index (χ1) is 7.27. The van der Waals surface area contributed by atoms with Gasteiger partial charge in [0.15, 0.2) is 0 Å². The molecule has 3 unspecified atom stereocenters. The van der Waals surface area contributed by atoms with Crippen LogP contribution in [0.5, 0.6) is 0 Å². The van der Waals surface area contributed by atoms with E-state index in [1.165, 1.54) is 25.7 Å². The Morgan fingerprint density at radius 1 is 1.40 bits per heavy atom. The van der Waals surface area contributed by atoms with E-state index in [0.717, 1.165) is 19.4 Å². The molecule has 0 aromatic heterocycles. The molecule has 0 aromatic rings. The minimum atomic E-state index is -0.151. The number of nitrogens with one attached hydrogen (secondary N) is 1. The summed E-state index contributed by atoms with van der Waals surface area (Å²) < 4.78 is 5.46. The summed E-state index contributed by atoms with van der Waals surface area (Å²) in [6, 6.07) is 0.493. The number of aliphatic hydroxyl groups is 1. The third-order valence-electron chi connectivity index (χ3n) is 3.36. The average Bonchev–Trinajstić information content (AvgIpc) is 2.29. The van der Waals surface area contributed by atoms with E-state index in [-0.39, 0.29) is 6.10 Å². The quantitative estimate of drug-likeness (QED) is 0.708. The number of methoxy groups -OCH3 is 1. The molecule has 1 saturated carbocycles. The lowest BCUT2D eigenvalue weighted by molar-refractivity contribution is 0.0402. The number of hydrogen-bond donors (Lipinski definition) is 2. The van der Waals surface area contributed by atoms with Crippen molar-refractivity contribution < 1.29 is 9.84 Å². The van der Waals surface area contributed by atoms with Crippen LogP contribution in [0.25, 0.3) is 0 Å². The molecule has 1 fully saturated rings. The lowest BCUT2D eigenvalue weighted by atomic mass is 9.92. The molecule has 0 bridgehead atoms. The molecule has 0 radical (unpaired) electrons. The van der Waals surface area contributed by atoms with Gasteiger partial charge in [0.05, 0.1) is 12.2 Å². The molecule has 3 atom stereocenters. The second-order valence-corrected chi connectivity index (χ2v) is 4.47. The molecular weight excluding hydrogens is 190 g/mol. The second kappa shape index (κ2) is 7.20. The summed E-state index contributed by atoms with van der Waals surface area (Å²) in [5.41, 5.74) is 0. The van der Waals surface area contributed by atoms with E-state index in [1.54, 1.807) is 7.11 Å². The minimum absolute atomic E-state index is 0.151. The molecule has 2 N–H and O–H groups in total. The Morgan fingerprint density at radius 2 is 2.13 bits per heavy atom. The molecule has 3 heteroatoms. The van der Waals surface area contributed by atoms with Gasteiger partial charge in [0.2, 0.25) is 0 Å². The van der Waals surface area contributed by atoms with E-state index in [0.29, 0.717) is 12.1 Å². The number of ether oxygens (including phenoxy) is 1. The normalized spacial score (nSPS) is 29.0. The highest BCUT2D eigenvalue weighted by Crippen LogP contribution is 2.20. The standard InChI is InChI=1S/C12H25NO2/c1-3-10(14)8-9-13-11-6-4-5-7-12(11)15-2/h10-14H,3-9H2,1-2H3. The van der Waals surface area contributed by atoms with Gasteiger partial charge >= 0.3 is 0 Å². The van der Waals surface area contributed by atoms with E-state index in [2.05, 4.69) is 5.32 Å². The molecule has 0 saturated heterocycles. The molecule has 0 aliphatic heterocycles. The molecular formula is C12H25NO2. The van der Waals surface area contributed by atoms with Crippen molar-refractivity contribution in [3.05, 3.63) is 0 Å². The van der Waals surface area contributed by atoms with Gasteiger partial charge in [0.1, 0.15) is 0 Å². The highest BCUT2D eigenvalue weighted by molar-refractivity contribution is 4.81. The zero-order valence-electron chi connectivity index (χ0n) is 10.0. The maximum absolute atomic E-state index is 9.44. The molecule has 0 aromatic carbocycles. The predicted octanol–water partition coefficient (Wildman–Crippen LogP) is 1.69. The molecule has 15 heavy (non-hydrogen) atoms. The van der Waals surface area contributed by atoms with Gasteiger partial charge in [-0.3, -0.25) is 0 Å². The van der Waals surface area contributed by atoms with Crippen molar-refractivity contribution in [2.45, 2.75) is 63.7 Å². The Kier molecular flexibility index (Phi) is 6.22. The van der Waals surface area contributed by atoms with Crippen LogP contribution in [-0.2, 0) is 4.74 Å².